The van der Waals surface area contributed by atoms with Crippen molar-refractivity contribution in [2.24, 2.45) is 5.84 Å². The van der Waals surface area contributed by atoms with Gasteiger partial charge in [0.05, 0.1) is 25.2 Å². The Morgan fingerprint density at radius 3 is 2.38 bits per heavy atom. The minimum Gasteiger partial charge on any atom is -0.493 e. The van der Waals surface area contributed by atoms with Crippen molar-refractivity contribution in [3.63, 3.8) is 0 Å². The molecule has 0 saturated carbocycles. The fraction of sp³-hybridized carbons (Fsp3) is 0.333. The van der Waals surface area contributed by atoms with Gasteiger partial charge in [-0.3, -0.25) is 21.4 Å². The van der Waals surface area contributed by atoms with Gasteiger partial charge in [0.15, 0.2) is 11.5 Å². The second-order valence-corrected chi connectivity index (χ2v) is 2.97. The Morgan fingerprint density at radius 2 is 1.94 bits per heavy atom. The molecular weight excluding hydrogens is 214 g/mol. The van der Waals surface area contributed by atoms with Crippen LogP contribution >= 0.6 is 0 Å². The van der Waals surface area contributed by atoms with E-state index in [0.717, 1.165) is 0 Å². The number of hydrogen-bond acceptors (Lipinski definition) is 6. The number of benzene rings is 1. The highest BCUT2D eigenvalue weighted by Crippen LogP contribution is 2.34. The van der Waals surface area contributed by atoms with E-state index >= 15 is 0 Å². The summed E-state index contributed by atoms with van der Waals surface area (Å²) in [5, 5.41) is 10.8. The first kappa shape index (κ1) is 12.2. The number of methoxy groups -OCH3 is 2. The van der Waals surface area contributed by atoms with Gasteiger partial charge >= 0.3 is 0 Å². The van der Waals surface area contributed by atoms with Crippen LogP contribution in [0.3, 0.4) is 0 Å². The van der Waals surface area contributed by atoms with E-state index in [9.17, 15) is 10.1 Å². The summed E-state index contributed by atoms with van der Waals surface area (Å²) in [5.74, 6) is 5.89. The molecule has 0 unspecified atom stereocenters. The van der Waals surface area contributed by atoms with Crippen LogP contribution in [0.25, 0.3) is 0 Å². The molecule has 0 spiro atoms. The molecule has 0 radical (unpaired) electrons. The predicted molar refractivity (Wildman–Crippen MR) is 57.2 cm³/mol. The molecule has 0 aliphatic carbocycles. The molecule has 7 heteroatoms. The van der Waals surface area contributed by atoms with Gasteiger partial charge in [-0.05, 0) is 6.07 Å². The normalized spacial score (nSPS) is 9.94. The molecule has 7 nitrogen and oxygen atoms in total. The summed E-state index contributed by atoms with van der Waals surface area (Å²) in [5.41, 5.74) is 2.74. The molecule has 0 fully saturated rings. The topological polar surface area (TPSA) is 99.7 Å². The molecule has 0 amide bonds. The van der Waals surface area contributed by atoms with Crippen molar-refractivity contribution in [2.45, 2.75) is 6.54 Å². The number of ether oxygens (including phenoxy) is 2. The second kappa shape index (κ2) is 5.29. The van der Waals surface area contributed by atoms with Crippen molar-refractivity contribution in [1.29, 1.82) is 0 Å². The van der Waals surface area contributed by atoms with E-state index < -0.39 is 4.92 Å². The van der Waals surface area contributed by atoms with Crippen molar-refractivity contribution in [3.05, 3.63) is 27.8 Å². The van der Waals surface area contributed by atoms with Crippen LogP contribution in [0.4, 0.5) is 5.69 Å². The first-order valence-corrected chi connectivity index (χ1v) is 4.46. The molecule has 0 saturated heterocycles. The SMILES string of the molecule is COc1cc(CNN)c([N+](=O)[O-])cc1OC. The van der Waals surface area contributed by atoms with Crippen LogP contribution in [-0.4, -0.2) is 19.1 Å². The summed E-state index contributed by atoms with van der Waals surface area (Å²) >= 11 is 0. The van der Waals surface area contributed by atoms with Crippen LogP contribution in [0.1, 0.15) is 5.56 Å². The lowest BCUT2D eigenvalue weighted by Gasteiger charge is -2.10. The number of hydrogen-bond donors (Lipinski definition) is 2. The number of hydrazine groups is 1. The van der Waals surface area contributed by atoms with E-state index in [0.29, 0.717) is 17.1 Å². The van der Waals surface area contributed by atoms with Crippen LogP contribution in [0.2, 0.25) is 0 Å². The number of nitrogens with zero attached hydrogens (tertiary/aromatic N) is 1. The summed E-state index contributed by atoms with van der Waals surface area (Å²) in [6, 6.07) is 2.84. The van der Waals surface area contributed by atoms with Gasteiger partial charge in [-0.25, -0.2) is 0 Å². The Bertz CT molecular complexity index is 395. The van der Waals surface area contributed by atoms with Gasteiger partial charge in [0.1, 0.15) is 0 Å². The van der Waals surface area contributed by atoms with Crippen LogP contribution in [0, 0.1) is 10.1 Å². The molecule has 0 aromatic heterocycles. The zero-order valence-corrected chi connectivity index (χ0v) is 9.02. The van der Waals surface area contributed by atoms with E-state index in [4.69, 9.17) is 15.3 Å². The Kier molecular flexibility index (Phi) is 4.03. The molecule has 0 aliphatic rings. The largest absolute Gasteiger partial charge is 0.493 e. The molecule has 3 N–H and O–H groups in total. The van der Waals surface area contributed by atoms with Gasteiger partial charge < -0.3 is 9.47 Å². The third-order valence-electron chi connectivity index (χ3n) is 2.07. The first-order valence-electron chi connectivity index (χ1n) is 4.46. The molecule has 0 heterocycles. The smallest absolute Gasteiger partial charge is 0.277 e. The highest BCUT2D eigenvalue weighted by atomic mass is 16.6. The maximum absolute atomic E-state index is 10.8. The Hall–Kier alpha value is -1.86. The zero-order valence-electron chi connectivity index (χ0n) is 9.02. The minimum atomic E-state index is -0.491. The summed E-state index contributed by atoms with van der Waals surface area (Å²) < 4.78 is 10.0. The molecule has 0 bridgehead atoms. The molecule has 1 rings (SSSR count). The van der Waals surface area contributed by atoms with Crippen molar-refractivity contribution in [3.8, 4) is 11.5 Å². The van der Waals surface area contributed by atoms with E-state index in [-0.39, 0.29) is 12.2 Å². The molecule has 1 aromatic rings. The van der Waals surface area contributed by atoms with Crippen molar-refractivity contribution in [2.75, 3.05) is 14.2 Å². The molecule has 0 atom stereocenters. The lowest BCUT2D eigenvalue weighted by atomic mass is 10.1. The standard InChI is InChI=1S/C9H13N3O4/c1-15-8-3-6(5-11-10)7(12(13)14)4-9(8)16-2/h3-4,11H,5,10H2,1-2H3. The van der Waals surface area contributed by atoms with Crippen LogP contribution in [0.5, 0.6) is 11.5 Å². The van der Waals surface area contributed by atoms with Gasteiger partial charge in [0, 0.05) is 12.1 Å². The van der Waals surface area contributed by atoms with Gasteiger partial charge in [-0.15, -0.1) is 0 Å². The lowest BCUT2D eigenvalue weighted by molar-refractivity contribution is -0.385. The van der Waals surface area contributed by atoms with Gasteiger partial charge in [-0.1, -0.05) is 0 Å². The van der Waals surface area contributed by atoms with E-state index in [1.54, 1.807) is 0 Å². The van der Waals surface area contributed by atoms with Gasteiger partial charge in [0.2, 0.25) is 0 Å². The maximum Gasteiger partial charge on any atom is 0.277 e. The number of nitro groups is 1. The van der Waals surface area contributed by atoms with Crippen molar-refractivity contribution < 1.29 is 14.4 Å². The highest BCUT2D eigenvalue weighted by Gasteiger charge is 2.18. The zero-order chi connectivity index (χ0) is 12.1. The van der Waals surface area contributed by atoms with Crippen LogP contribution in [0.15, 0.2) is 12.1 Å². The predicted octanol–water partition coefficient (Wildman–Crippen LogP) is 0.575. The quantitative estimate of drug-likeness (QED) is 0.433. The van der Waals surface area contributed by atoms with Gasteiger partial charge in [-0.2, -0.15) is 0 Å². The highest BCUT2D eigenvalue weighted by molar-refractivity contribution is 5.54. The Balaban J connectivity index is 3.29. The minimum absolute atomic E-state index is 0.0596. The van der Waals surface area contributed by atoms with Crippen molar-refractivity contribution >= 4 is 5.69 Å². The van der Waals surface area contributed by atoms with E-state index in [2.05, 4.69) is 5.43 Å². The van der Waals surface area contributed by atoms with Crippen LogP contribution in [-0.2, 0) is 6.54 Å². The summed E-state index contributed by atoms with van der Waals surface area (Å²) in [7, 11) is 2.88. The third-order valence-corrected chi connectivity index (χ3v) is 2.07. The average molecular weight is 227 g/mol. The maximum atomic E-state index is 10.8. The number of nitrogens with one attached hydrogen (secondary N) is 1. The van der Waals surface area contributed by atoms with E-state index in [1.807, 2.05) is 0 Å². The number of nitrogens with two attached hydrogens (primary N) is 1. The lowest BCUT2D eigenvalue weighted by Crippen LogP contribution is -2.21. The monoisotopic (exact) mass is 227 g/mol. The third kappa shape index (κ3) is 2.38. The molecule has 1 aromatic carbocycles. The Morgan fingerprint density at radius 1 is 1.38 bits per heavy atom. The molecule has 0 aliphatic heterocycles. The second-order valence-electron chi connectivity index (χ2n) is 2.97. The first-order chi connectivity index (χ1) is 7.63. The fourth-order valence-electron chi connectivity index (χ4n) is 1.33. The van der Waals surface area contributed by atoms with Gasteiger partial charge in [0.25, 0.3) is 5.69 Å². The molecule has 88 valence electrons. The number of nitro benzene ring substituents is 1. The van der Waals surface area contributed by atoms with Crippen molar-refractivity contribution in [1.82, 2.24) is 5.43 Å². The molecular formula is C9H13N3O4. The molecule has 16 heavy (non-hydrogen) atoms. The average Bonchev–Trinajstić information content (AvgIpc) is 2.28. The summed E-state index contributed by atoms with van der Waals surface area (Å²) in [4.78, 5) is 10.3. The number of rotatable bonds is 5. The Labute approximate surface area is 92.3 Å². The van der Waals surface area contributed by atoms with Crippen LogP contribution < -0.4 is 20.7 Å². The summed E-state index contributed by atoms with van der Waals surface area (Å²) in [6.07, 6.45) is 0. The fourth-order valence-corrected chi connectivity index (χ4v) is 1.33. The summed E-state index contributed by atoms with van der Waals surface area (Å²) in [6.45, 7) is 0.177. The van der Waals surface area contributed by atoms with E-state index in [1.165, 1.54) is 26.4 Å².